The average Bonchev–Trinajstić information content (AvgIpc) is 2.09. The monoisotopic (exact) mass is 198 g/mol. The van der Waals surface area contributed by atoms with Gasteiger partial charge in [-0.2, -0.15) is 0 Å². The summed E-state index contributed by atoms with van der Waals surface area (Å²) in [6, 6.07) is 1.05. The lowest BCUT2D eigenvalue weighted by Gasteiger charge is -2.09. The van der Waals surface area contributed by atoms with E-state index in [-0.39, 0.29) is 11.8 Å². The summed E-state index contributed by atoms with van der Waals surface area (Å²) in [5, 5.41) is 9.19. The van der Waals surface area contributed by atoms with E-state index < -0.39 is 11.2 Å². The van der Waals surface area contributed by atoms with Crippen LogP contribution in [0.25, 0.3) is 0 Å². The van der Waals surface area contributed by atoms with Gasteiger partial charge < -0.3 is 5.11 Å². The van der Waals surface area contributed by atoms with Crippen LogP contribution in [0.2, 0.25) is 0 Å². The quantitative estimate of drug-likeness (QED) is 0.722. The SMILES string of the molecule is CC(C)Cn1c(=O)cc(O)n(C)c1=O. The van der Waals surface area contributed by atoms with Gasteiger partial charge in [0, 0.05) is 13.6 Å². The Kier molecular flexibility index (Phi) is 2.78. The molecule has 0 fully saturated rings. The number of hydrogen-bond acceptors (Lipinski definition) is 3. The minimum absolute atomic E-state index is 0.213. The molecule has 0 aliphatic rings. The molecule has 0 unspecified atom stereocenters. The summed E-state index contributed by atoms with van der Waals surface area (Å²) in [4.78, 5) is 22.8. The Morgan fingerprint density at radius 1 is 1.43 bits per heavy atom. The molecular weight excluding hydrogens is 184 g/mol. The molecule has 78 valence electrons. The van der Waals surface area contributed by atoms with Gasteiger partial charge in [-0.1, -0.05) is 13.8 Å². The van der Waals surface area contributed by atoms with Crippen LogP contribution in [0.3, 0.4) is 0 Å². The zero-order valence-electron chi connectivity index (χ0n) is 8.52. The second-order valence-corrected chi connectivity index (χ2v) is 3.69. The molecule has 14 heavy (non-hydrogen) atoms. The van der Waals surface area contributed by atoms with Gasteiger partial charge in [0.25, 0.3) is 5.56 Å². The van der Waals surface area contributed by atoms with Crippen LogP contribution in [0.4, 0.5) is 0 Å². The summed E-state index contributed by atoms with van der Waals surface area (Å²) in [5.41, 5.74) is -0.942. The van der Waals surface area contributed by atoms with Gasteiger partial charge >= 0.3 is 5.69 Å². The summed E-state index contributed by atoms with van der Waals surface area (Å²) in [5.74, 6) is -0.0926. The van der Waals surface area contributed by atoms with Crippen molar-refractivity contribution in [3.05, 3.63) is 26.9 Å². The van der Waals surface area contributed by atoms with Gasteiger partial charge in [-0.15, -0.1) is 0 Å². The number of hydrogen-bond donors (Lipinski definition) is 1. The minimum atomic E-state index is -0.483. The highest BCUT2D eigenvalue weighted by molar-refractivity contribution is 5.06. The van der Waals surface area contributed by atoms with Crippen LogP contribution in [0, 0.1) is 5.92 Å². The van der Waals surface area contributed by atoms with Crippen molar-refractivity contribution >= 4 is 0 Å². The summed E-state index contributed by atoms with van der Waals surface area (Å²) in [7, 11) is 1.42. The number of aromatic hydroxyl groups is 1. The Balaban J connectivity index is 3.38. The molecule has 1 rings (SSSR count). The first-order valence-electron chi connectivity index (χ1n) is 4.43. The van der Waals surface area contributed by atoms with Crippen molar-refractivity contribution in [3.8, 4) is 5.88 Å². The Hall–Kier alpha value is -1.52. The Morgan fingerprint density at radius 2 is 2.00 bits per heavy atom. The van der Waals surface area contributed by atoms with Gasteiger partial charge in [0.15, 0.2) is 5.88 Å². The molecule has 0 spiro atoms. The first-order valence-corrected chi connectivity index (χ1v) is 4.43. The van der Waals surface area contributed by atoms with Gasteiger partial charge in [0.1, 0.15) is 0 Å². The largest absolute Gasteiger partial charge is 0.494 e. The van der Waals surface area contributed by atoms with Crippen LogP contribution in [-0.4, -0.2) is 14.2 Å². The summed E-state index contributed by atoms with van der Waals surface area (Å²) in [6.45, 7) is 4.20. The van der Waals surface area contributed by atoms with E-state index in [1.54, 1.807) is 0 Å². The summed E-state index contributed by atoms with van der Waals surface area (Å²) < 4.78 is 2.16. The molecule has 5 nitrogen and oxygen atoms in total. The third kappa shape index (κ3) is 1.86. The third-order valence-electron chi connectivity index (χ3n) is 1.93. The first-order chi connectivity index (χ1) is 6.43. The van der Waals surface area contributed by atoms with E-state index in [0.29, 0.717) is 6.54 Å². The Morgan fingerprint density at radius 3 is 2.50 bits per heavy atom. The van der Waals surface area contributed by atoms with E-state index >= 15 is 0 Å². The fraction of sp³-hybridized carbons (Fsp3) is 0.556. The van der Waals surface area contributed by atoms with E-state index in [1.807, 2.05) is 13.8 Å². The Bertz CT molecular complexity index is 442. The number of aromatic nitrogens is 2. The van der Waals surface area contributed by atoms with Crippen molar-refractivity contribution in [2.45, 2.75) is 20.4 Å². The lowest BCUT2D eigenvalue weighted by atomic mass is 10.2. The molecule has 0 aromatic carbocycles. The Labute approximate surface area is 81.2 Å². The van der Waals surface area contributed by atoms with E-state index in [4.69, 9.17) is 0 Å². The van der Waals surface area contributed by atoms with Crippen LogP contribution in [0.1, 0.15) is 13.8 Å². The highest BCUT2D eigenvalue weighted by Gasteiger charge is 2.08. The van der Waals surface area contributed by atoms with Crippen LogP contribution in [-0.2, 0) is 13.6 Å². The zero-order chi connectivity index (χ0) is 10.9. The van der Waals surface area contributed by atoms with Gasteiger partial charge in [-0.25, -0.2) is 4.79 Å². The maximum absolute atomic E-state index is 11.5. The van der Waals surface area contributed by atoms with Crippen LogP contribution in [0.15, 0.2) is 15.7 Å². The predicted molar refractivity (Wildman–Crippen MR) is 52.4 cm³/mol. The second-order valence-electron chi connectivity index (χ2n) is 3.69. The maximum Gasteiger partial charge on any atom is 0.333 e. The van der Waals surface area contributed by atoms with Crippen molar-refractivity contribution in [2.24, 2.45) is 13.0 Å². The smallest absolute Gasteiger partial charge is 0.333 e. The lowest BCUT2D eigenvalue weighted by molar-refractivity contribution is 0.397. The van der Waals surface area contributed by atoms with Crippen LogP contribution < -0.4 is 11.2 Å². The highest BCUT2D eigenvalue weighted by Crippen LogP contribution is 1.98. The molecule has 0 bridgehead atoms. The number of rotatable bonds is 2. The topological polar surface area (TPSA) is 64.2 Å². The van der Waals surface area contributed by atoms with Crippen molar-refractivity contribution in [1.29, 1.82) is 0 Å². The van der Waals surface area contributed by atoms with Gasteiger partial charge in [-0.3, -0.25) is 13.9 Å². The molecule has 1 heterocycles. The van der Waals surface area contributed by atoms with E-state index in [0.717, 1.165) is 15.2 Å². The maximum atomic E-state index is 11.5. The standard InChI is InChI=1S/C9H14N2O3/c1-6(2)5-11-8(13)4-7(12)10(3)9(11)14/h4,6,12H,5H2,1-3H3. The molecule has 1 aromatic heterocycles. The molecule has 5 heteroatoms. The lowest BCUT2D eigenvalue weighted by Crippen LogP contribution is -2.39. The molecular formula is C9H14N2O3. The molecule has 0 radical (unpaired) electrons. The fourth-order valence-corrected chi connectivity index (χ4v) is 1.19. The van der Waals surface area contributed by atoms with Crippen LogP contribution >= 0.6 is 0 Å². The predicted octanol–water partition coefficient (Wildman–Crippen LogP) is -0.0914. The minimum Gasteiger partial charge on any atom is -0.494 e. The zero-order valence-corrected chi connectivity index (χ0v) is 8.52. The number of nitrogens with zero attached hydrogens (tertiary/aromatic N) is 2. The second kappa shape index (κ2) is 3.69. The molecule has 1 N–H and O–H groups in total. The molecule has 0 saturated carbocycles. The van der Waals surface area contributed by atoms with Crippen LogP contribution in [0.5, 0.6) is 5.88 Å². The highest BCUT2D eigenvalue weighted by atomic mass is 16.3. The molecule has 1 aromatic rings. The van der Waals surface area contributed by atoms with Crippen molar-refractivity contribution in [3.63, 3.8) is 0 Å². The fourth-order valence-electron chi connectivity index (χ4n) is 1.19. The molecule has 0 saturated heterocycles. The van der Waals surface area contributed by atoms with Crippen molar-refractivity contribution in [2.75, 3.05) is 0 Å². The third-order valence-corrected chi connectivity index (χ3v) is 1.93. The van der Waals surface area contributed by atoms with Crippen molar-refractivity contribution < 1.29 is 5.11 Å². The van der Waals surface area contributed by atoms with Crippen molar-refractivity contribution in [1.82, 2.24) is 9.13 Å². The molecule has 0 aliphatic carbocycles. The van der Waals surface area contributed by atoms with E-state index in [9.17, 15) is 14.7 Å². The summed E-state index contributed by atoms with van der Waals surface area (Å²) >= 11 is 0. The van der Waals surface area contributed by atoms with Gasteiger partial charge in [0.2, 0.25) is 0 Å². The van der Waals surface area contributed by atoms with E-state index in [1.165, 1.54) is 7.05 Å². The average molecular weight is 198 g/mol. The van der Waals surface area contributed by atoms with Gasteiger partial charge in [-0.05, 0) is 5.92 Å². The molecule has 0 amide bonds. The van der Waals surface area contributed by atoms with E-state index in [2.05, 4.69) is 0 Å². The normalized spacial score (nSPS) is 10.9. The molecule has 0 atom stereocenters. The molecule has 0 aliphatic heterocycles. The first kappa shape index (κ1) is 10.6. The summed E-state index contributed by atoms with van der Waals surface area (Å²) in [6.07, 6.45) is 0. The van der Waals surface area contributed by atoms with Gasteiger partial charge in [0.05, 0.1) is 6.07 Å².